The standard InChI is InChI=1S/C34H41ClN6O3/c1-22-19-41(20-23(2)43-22)31-25-12-13-40(29-11-7-9-24-8-6-10-28(35)30(24)29)21-27(25)26(18-36)32(37-31)38-14-16-39(17-15-38)33(42)44-34(3,4)5/h6-11,22-23H,12-17,19-21H2,1-5H3. The summed E-state index contributed by atoms with van der Waals surface area (Å²) in [5, 5.41) is 13.5. The molecule has 10 heteroatoms. The van der Waals surface area contributed by atoms with Crippen LogP contribution in [0.5, 0.6) is 0 Å². The quantitative estimate of drug-likeness (QED) is 0.355. The Kier molecular flexibility index (Phi) is 8.25. The van der Waals surface area contributed by atoms with Crippen LogP contribution in [0.15, 0.2) is 36.4 Å². The molecule has 9 nitrogen and oxygen atoms in total. The highest BCUT2D eigenvalue weighted by Gasteiger charge is 2.34. The molecule has 3 aromatic rings. The first-order valence-corrected chi connectivity index (χ1v) is 15.9. The van der Waals surface area contributed by atoms with Crippen molar-refractivity contribution >= 4 is 45.8 Å². The van der Waals surface area contributed by atoms with Crippen LogP contribution in [0.1, 0.15) is 51.3 Å². The Balaban J connectivity index is 1.39. The normalized spacial score (nSPS) is 20.8. The minimum absolute atomic E-state index is 0.0746. The van der Waals surface area contributed by atoms with Crippen molar-refractivity contribution in [2.75, 3.05) is 60.5 Å². The number of nitrogens with zero attached hydrogens (tertiary/aromatic N) is 6. The number of morpholine rings is 1. The zero-order valence-electron chi connectivity index (χ0n) is 26.3. The number of carbonyl (C=O) groups is 1. The maximum Gasteiger partial charge on any atom is 0.410 e. The second-order valence-electron chi connectivity index (χ2n) is 13.1. The second-order valence-corrected chi connectivity index (χ2v) is 13.5. The molecule has 1 amide bonds. The first-order chi connectivity index (χ1) is 21.0. The average Bonchev–Trinajstić information content (AvgIpc) is 2.98. The van der Waals surface area contributed by atoms with Crippen molar-refractivity contribution in [3.05, 3.63) is 58.1 Å². The fourth-order valence-electron chi connectivity index (χ4n) is 6.73. The van der Waals surface area contributed by atoms with Crippen LogP contribution < -0.4 is 14.7 Å². The van der Waals surface area contributed by atoms with Gasteiger partial charge < -0.3 is 29.1 Å². The number of aromatic nitrogens is 1. The molecule has 0 spiro atoms. The highest BCUT2D eigenvalue weighted by atomic mass is 35.5. The molecule has 0 radical (unpaired) electrons. The van der Waals surface area contributed by atoms with E-state index < -0.39 is 5.60 Å². The van der Waals surface area contributed by atoms with Crippen molar-refractivity contribution in [3.8, 4) is 6.07 Å². The van der Waals surface area contributed by atoms with Gasteiger partial charge in [0.1, 0.15) is 23.3 Å². The number of amides is 1. The zero-order chi connectivity index (χ0) is 31.2. The van der Waals surface area contributed by atoms with E-state index in [4.69, 9.17) is 26.1 Å². The Morgan fingerprint density at radius 3 is 2.30 bits per heavy atom. The van der Waals surface area contributed by atoms with E-state index in [9.17, 15) is 10.1 Å². The lowest BCUT2D eigenvalue weighted by atomic mass is 9.94. The Hall–Kier alpha value is -3.74. The predicted molar refractivity (Wildman–Crippen MR) is 175 cm³/mol. The van der Waals surface area contributed by atoms with Crippen LogP contribution in [0.3, 0.4) is 0 Å². The Morgan fingerprint density at radius 1 is 0.955 bits per heavy atom. The molecule has 4 heterocycles. The van der Waals surface area contributed by atoms with Gasteiger partial charge in [-0.15, -0.1) is 0 Å². The fourth-order valence-corrected chi connectivity index (χ4v) is 7.01. The van der Waals surface area contributed by atoms with Crippen molar-refractivity contribution in [1.29, 1.82) is 5.26 Å². The predicted octanol–water partition coefficient (Wildman–Crippen LogP) is 5.99. The van der Waals surface area contributed by atoms with E-state index in [1.54, 1.807) is 4.90 Å². The summed E-state index contributed by atoms with van der Waals surface area (Å²) in [7, 11) is 0. The first kappa shape index (κ1) is 30.3. The summed E-state index contributed by atoms with van der Waals surface area (Å²) < 4.78 is 11.7. The highest BCUT2D eigenvalue weighted by molar-refractivity contribution is 6.36. The minimum atomic E-state index is -0.552. The molecule has 1 aromatic heterocycles. The van der Waals surface area contributed by atoms with E-state index in [1.807, 2.05) is 32.9 Å². The van der Waals surface area contributed by atoms with E-state index in [1.165, 1.54) is 0 Å². The number of rotatable bonds is 3. The largest absolute Gasteiger partial charge is 0.444 e. The molecule has 232 valence electrons. The van der Waals surface area contributed by atoms with Gasteiger partial charge in [0.05, 0.1) is 22.8 Å². The number of hydrogen-bond donors (Lipinski definition) is 0. The summed E-state index contributed by atoms with van der Waals surface area (Å²) in [6.07, 6.45) is 0.605. The maximum atomic E-state index is 12.8. The molecule has 2 saturated heterocycles. The lowest BCUT2D eigenvalue weighted by molar-refractivity contribution is -0.00551. The molecular formula is C34H41ClN6O3. The number of pyridine rings is 1. The van der Waals surface area contributed by atoms with Crippen LogP contribution in [0.2, 0.25) is 5.02 Å². The van der Waals surface area contributed by atoms with Gasteiger partial charge in [0.25, 0.3) is 0 Å². The number of piperazine rings is 1. The van der Waals surface area contributed by atoms with Gasteiger partial charge in [0.2, 0.25) is 0 Å². The third-order valence-electron chi connectivity index (χ3n) is 8.59. The summed E-state index contributed by atoms with van der Waals surface area (Å²) in [6.45, 7) is 14.8. The first-order valence-electron chi connectivity index (χ1n) is 15.5. The third-order valence-corrected chi connectivity index (χ3v) is 8.90. The van der Waals surface area contributed by atoms with Crippen LogP contribution in [-0.2, 0) is 22.4 Å². The molecule has 0 aliphatic carbocycles. The van der Waals surface area contributed by atoms with Crippen molar-refractivity contribution in [2.24, 2.45) is 0 Å². The number of halogens is 1. The third kappa shape index (κ3) is 5.98. The SMILES string of the molecule is CC1CN(c2nc(N3CCN(C(=O)OC(C)(C)C)CC3)c(C#N)c3c2CCN(c2cccc4cccc(Cl)c24)C3)CC(C)O1. The number of hydrogen-bond acceptors (Lipinski definition) is 8. The molecule has 2 fully saturated rings. The molecule has 6 rings (SSSR count). The van der Waals surface area contributed by atoms with Gasteiger partial charge >= 0.3 is 6.09 Å². The van der Waals surface area contributed by atoms with E-state index in [0.29, 0.717) is 44.1 Å². The van der Waals surface area contributed by atoms with Crippen molar-refractivity contribution in [2.45, 2.75) is 65.4 Å². The molecular weight excluding hydrogens is 576 g/mol. The van der Waals surface area contributed by atoms with E-state index in [0.717, 1.165) is 64.5 Å². The van der Waals surface area contributed by atoms with E-state index in [-0.39, 0.29) is 18.3 Å². The lowest BCUT2D eigenvalue weighted by Gasteiger charge is -2.41. The van der Waals surface area contributed by atoms with E-state index >= 15 is 0 Å². The molecule has 2 aromatic carbocycles. The maximum absolute atomic E-state index is 12.8. The number of carbonyl (C=O) groups excluding carboxylic acids is 1. The fraction of sp³-hybridized carbons (Fsp3) is 0.500. The molecule has 3 aliphatic rings. The molecule has 0 N–H and O–H groups in total. The van der Waals surface area contributed by atoms with Crippen LogP contribution in [0, 0.1) is 11.3 Å². The van der Waals surface area contributed by atoms with E-state index in [2.05, 4.69) is 58.9 Å². The van der Waals surface area contributed by atoms with Crippen molar-refractivity contribution < 1.29 is 14.3 Å². The molecule has 0 saturated carbocycles. The summed E-state index contributed by atoms with van der Waals surface area (Å²) >= 11 is 6.74. The van der Waals surface area contributed by atoms with Gasteiger partial charge in [-0.3, -0.25) is 0 Å². The number of ether oxygens (including phenoxy) is 2. The van der Waals surface area contributed by atoms with Gasteiger partial charge in [-0.1, -0.05) is 35.9 Å². The Bertz CT molecular complexity index is 1590. The monoisotopic (exact) mass is 616 g/mol. The number of anilines is 3. The molecule has 44 heavy (non-hydrogen) atoms. The smallest absolute Gasteiger partial charge is 0.410 e. The van der Waals surface area contributed by atoms with Crippen LogP contribution in [0.4, 0.5) is 22.1 Å². The molecule has 3 aliphatic heterocycles. The highest BCUT2D eigenvalue weighted by Crippen LogP contribution is 2.40. The average molecular weight is 617 g/mol. The van der Waals surface area contributed by atoms with Gasteiger partial charge in [-0.25, -0.2) is 9.78 Å². The number of nitriles is 1. The van der Waals surface area contributed by atoms with Gasteiger partial charge in [-0.2, -0.15) is 5.26 Å². The number of benzene rings is 2. The molecule has 2 unspecified atom stereocenters. The second kappa shape index (κ2) is 12.0. The van der Waals surface area contributed by atoms with Crippen molar-refractivity contribution in [1.82, 2.24) is 9.88 Å². The number of fused-ring (bicyclic) bond motifs is 2. The van der Waals surface area contributed by atoms with Gasteiger partial charge in [-0.05, 0) is 64.1 Å². The van der Waals surface area contributed by atoms with Crippen LogP contribution in [0.25, 0.3) is 10.8 Å². The summed E-state index contributed by atoms with van der Waals surface area (Å²) in [4.78, 5) is 26.6. The summed E-state index contributed by atoms with van der Waals surface area (Å²) in [5.41, 5.74) is 3.29. The molecule has 2 atom stereocenters. The summed E-state index contributed by atoms with van der Waals surface area (Å²) in [6, 6.07) is 14.8. The Morgan fingerprint density at radius 2 is 1.64 bits per heavy atom. The van der Waals surface area contributed by atoms with Crippen LogP contribution in [-0.4, -0.2) is 79.6 Å². The minimum Gasteiger partial charge on any atom is -0.444 e. The Labute approximate surface area is 264 Å². The zero-order valence-corrected chi connectivity index (χ0v) is 27.0. The van der Waals surface area contributed by atoms with Crippen molar-refractivity contribution in [3.63, 3.8) is 0 Å². The topological polar surface area (TPSA) is 85.2 Å². The van der Waals surface area contributed by atoms with Crippen LogP contribution >= 0.6 is 11.6 Å². The summed E-state index contributed by atoms with van der Waals surface area (Å²) in [5.74, 6) is 1.64. The molecule has 0 bridgehead atoms. The van der Waals surface area contributed by atoms with Gasteiger partial charge in [0, 0.05) is 69.0 Å². The lowest BCUT2D eigenvalue weighted by Crippen LogP contribution is -2.51. The van der Waals surface area contributed by atoms with Gasteiger partial charge in [0.15, 0.2) is 0 Å².